The van der Waals surface area contributed by atoms with Gasteiger partial charge in [-0.2, -0.15) is 0 Å². The molecular weight excluding hydrogens is 528 g/mol. The van der Waals surface area contributed by atoms with Crippen LogP contribution in [0.2, 0.25) is 0 Å². The summed E-state index contributed by atoms with van der Waals surface area (Å²) in [6.45, 7) is 0. The summed E-state index contributed by atoms with van der Waals surface area (Å²) in [4.78, 5) is 0. The predicted octanol–water partition coefficient (Wildman–Crippen LogP) is 12.3. The Labute approximate surface area is 257 Å². The molecule has 0 heteroatoms. The molecule has 8 aromatic carbocycles. The van der Waals surface area contributed by atoms with E-state index in [1.54, 1.807) is 0 Å². The predicted molar refractivity (Wildman–Crippen MR) is 190 cm³/mol. The second-order valence-corrected chi connectivity index (χ2v) is 12.0. The fraction of sp³-hybridized carbons (Fsp3) is 0.0455. The second kappa shape index (κ2) is 10.1. The van der Waals surface area contributed by atoms with Gasteiger partial charge in [-0.05, 0) is 113 Å². The lowest BCUT2D eigenvalue weighted by molar-refractivity contribution is 0.991. The summed E-state index contributed by atoms with van der Waals surface area (Å²) in [6.07, 6.45) is 6.84. The van der Waals surface area contributed by atoms with Gasteiger partial charge < -0.3 is 0 Å². The van der Waals surface area contributed by atoms with Crippen LogP contribution in [0.15, 0.2) is 152 Å². The zero-order valence-corrected chi connectivity index (χ0v) is 24.4. The van der Waals surface area contributed by atoms with E-state index in [0.29, 0.717) is 0 Å². The van der Waals surface area contributed by atoms with Crippen molar-refractivity contribution in [3.05, 3.63) is 163 Å². The third-order valence-electron chi connectivity index (χ3n) is 9.50. The summed E-state index contributed by atoms with van der Waals surface area (Å²) in [5, 5.41) is 10.4. The number of rotatable bonds is 3. The molecule has 0 fully saturated rings. The van der Waals surface area contributed by atoms with Gasteiger partial charge in [0.05, 0.1) is 0 Å². The van der Waals surface area contributed by atoms with E-state index >= 15 is 0 Å². The molecule has 0 nitrogen and oxygen atoms in total. The van der Waals surface area contributed by atoms with Gasteiger partial charge in [-0.1, -0.05) is 146 Å². The molecule has 0 N–H and O–H groups in total. The van der Waals surface area contributed by atoms with Crippen LogP contribution >= 0.6 is 0 Å². The first-order valence-corrected chi connectivity index (χ1v) is 15.6. The van der Waals surface area contributed by atoms with Crippen LogP contribution < -0.4 is 0 Å². The van der Waals surface area contributed by atoms with Gasteiger partial charge in [-0.3, -0.25) is 0 Å². The molecule has 8 aromatic rings. The lowest BCUT2D eigenvalue weighted by Crippen LogP contribution is -2.02. The van der Waals surface area contributed by atoms with Crippen molar-refractivity contribution >= 4 is 49.2 Å². The topological polar surface area (TPSA) is 0 Å². The quantitative estimate of drug-likeness (QED) is 0.149. The maximum Gasteiger partial charge on any atom is -0.00235 e. The van der Waals surface area contributed by atoms with Crippen LogP contribution in [0.5, 0.6) is 0 Å². The largest absolute Gasteiger partial charge is 0.0836 e. The molecule has 0 aliphatic heterocycles. The van der Waals surface area contributed by atoms with E-state index < -0.39 is 0 Å². The smallest absolute Gasteiger partial charge is 0.00235 e. The standard InChI is InChI=1S/C44H30/c1-2-11-29(12-3-1)30-21-23-31(24-22-30)43-38-15-6-8-17-40(38)44(41-18-9-7-16-39(41)43)37-20-10-19-35-36(37)26-25-34-27-32-13-4-5-14-33(32)28-42(34)35/h1-6,8-15,17-28H,7,16H2. The van der Waals surface area contributed by atoms with Crippen molar-refractivity contribution in [1.82, 2.24) is 0 Å². The van der Waals surface area contributed by atoms with E-state index in [0.717, 1.165) is 12.8 Å². The molecule has 0 saturated carbocycles. The highest BCUT2D eigenvalue weighted by molar-refractivity contribution is 6.19. The molecule has 1 aliphatic rings. The van der Waals surface area contributed by atoms with Gasteiger partial charge in [0.1, 0.15) is 0 Å². The molecule has 44 heavy (non-hydrogen) atoms. The normalized spacial score (nSPS) is 12.7. The van der Waals surface area contributed by atoms with Gasteiger partial charge in [0.2, 0.25) is 0 Å². The molecule has 0 bridgehead atoms. The lowest BCUT2D eigenvalue weighted by Gasteiger charge is -2.24. The van der Waals surface area contributed by atoms with E-state index in [1.807, 2.05) is 0 Å². The van der Waals surface area contributed by atoms with Crippen molar-refractivity contribution in [2.45, 2.75) is 12.8 Å². The number of hydrogen-bond donors (Lipinski definition) is 0. The van der Waals surface area contributed by atoms with Crippen molar-refractivity contribution in [2.24, 2.45) is 0 Å². The molecule has 0 aromatic heterocycles. The Morgan fingerprint density at radius 2 is 1.05 bits per heavy atom. The summed E-state index contributed by atoms with van der Waals surface area (Å²) in [6, 6.07) is 53.8. The number of allylic oxidation sites excluding steroid dienone is 1. The molecule has 0 heterocycles. The minimum atomic E-state index is 1.04. The monoisotopic (exact) mass is 558 g/mol. The van der Waals surface area contributed by atoms with Gasteiger partial charge in [0.15, 0.2) is 0 Å². The van der Waals surface area contributed by atoms with Crippen LogP contribution in [0.4, 0.5) is 0 Å². The Hall–Kier alpha value is -5.46. The van der Waals surface area contributed by atoms with E-state index in [4.69, 9.17) is 0 Å². The average molecular weight is 559 g/mol. The first-order valence-electron chi connectivity index (χ1n) is 15.6. The molecule has 9 rings (SSSR count). The van der Waals surface area contributed by atoms with Crippen LogP contribution in [-0.2, 0) is 6.42 Å². The maximum atomic E-state index is 2.38. The molecule has 0 spiro atoms. The average Bonchev–Trinajstić information content (AvgIpc) is 3.10. The first kappa shape index (κ1) is 25.1. The van der Waals surface area contributed by atoms with Crippen molar-refractivity contribution in [3.8, 4) is 33.4 Å². The van der Waals surface area contributed by atoms with E-state index in [2.05, 4.69) is 158 Å². The Kier molecular flexibility index (Phi) is 5.74. The number of benzene rings is 8. The van der Waals surface area contributed by atoms with E-state index in [1.165, 1.54) is 87.6 Å². The van der Waals surface area contributed by atoms with Gasteiger partial charge in [0, 0.05) is 0 Å². The fourth-order valence-electron chi connectivity index (χ4n) is 7.46. The third-order valence-corrected chi connectivity index (χ3v) is 9.50. The van der Waals surface area contributed by atoms with Crippen molar-refractivity contribution < 1.29 is 0 Å². The minimum absolute atomic E-state index is 1.04. The molecule has 0 atom stereocenters. The highest BCUT2D eigenvalue weighted by atomic mass is 14.3. The van der Waals surface area contributed by atoms with Crippen LogP contribution in [0.3, 0.4) is 0 Å². The molecule has 0 amide bonds. The van der Waals surface area contributed by atoms with E-state index in [9.17, 15) is 0 Å². The summed E-state index contributed by atoms with van der Waals surface area (Å²) in [5.74, 6) is 0. The van der Waals surface area contributed by atoms with Crippen LogP contribution in [-0.4, -0.2) is 0 Å². The number of fused-ring (bicyclic) bond motifs is 6. The molecule has 0 unspecified atom stereocenters. The Bertz CT molecular complexity index is 2410. The summed E-state index contributed by atoms with van der Waals surface area (Å²) < 4.78 is 0. The van der Waals surface area contributed by atoms with Crippen LogP contribution in [0, 0.1) is 0 Å². The SMILES string of the molecule is C1=Cc2c(c(-c3ccc(-c4ccccc4)cc3)c3ccccc3c2-c2cccc3c2ccc2cc4ccccc4cc23)CC1. The lowest BCUT2D eigenvalue weighted by atomic mass is 9.79. The molecule has 1 aliphatic carbocycles. The van der Waals surface area contributed by atoms with Crippen LogP contribution in [0.1, 0.15) is 17.5 Å². The minimum Gasteiger partial charge on any atom is -0.0836 e. The molecule has 206 valence electrons. The Balaban J connectivity index is 1.31. The van der Waals surface area contributed by atoms with E-state index in [-0.39, 0.29) is 0 Å². The fourth-order valence-corrected chi connectivity index (χ4v) is 7.46. The molecule has 0 saturated heterocycles. The van der Waals surface area contributed by atoms with Crippen LogP contribution in [0.25, 0.3) is 82.5 Å². The van der Waals surface area contributed by atoms with Gasteiger partial charge in [-0.15, -0.1) is 0 Å². The second-order valence-electron chi connectivity index (χ2n) is 12.0. The van der Waals surface area contributed by atoms with Gasteiger partial charge >= 0.3 is 0 Å². The van der Waals surface area contributed by atoms with Crippen molar-refractivity contribution in [1.29, 1.82) is 0 Å². The summed E-state index contributed by atoms with van der Waals surface area (Å²) >= 11 is 0. The summed E-state index contributed by atoms with van der Waals surface area (Å²) in [5.41, 5.74) is 10.6. The van der Waals surface area contributed by atoms with Gasteiger partial charge in [-0.25, -0.2) is 0 Å². The highest BCUT2D eigenvalue weighted by Crippen LogP contribution is 2.47. The zero-order chi connectivity index (χ0) is 29.0. The number of hydrogen-bond acceptors (Lipinski definition) is 0. The summed E-state index contributed by atoms with van der Waals surface area (Å²) in [7, 11) is 0. The third kappa shape index (κ3) is 3.92. The Morgan fingerprint density at radius 3 is 1.86 bits per heavy atom. The highest BCUT2D eigenvalue weighted by Gasteiger charge is 2.22. The maximum absolute atomic E-state index is 2.38. The van der Waals surface area contributed by atoms with Crippen molar-refractivity contribution in [2.75, 3.05) is 0 Å². The van der Waals surface area contributed by atoms with Crippen molar-refractivity contribution in [3.63, 3.8) is 0 Å². The molecule has 0 radical (unpaired) electrons. The van der Waals surface area contributed by atoms with Gasteiger partial charge in [0.25, 0.3) is 0 Å². The molecular formula is C44H30. The Morgan fingerprint density at radius 1 is 0.386 bits per heavy atom. The first-order chi connectivity index (χ1) is 21.8. The zero-order valence-electron chi connectivity index (χ0n) is 24.4.